The molecule has 0 bridgehead atoms. The topological polar surface area (TPSA) is 109 Å². The van der Waals surface area contributed by atoms with Crippen LogP contribution in [0.4, 0.5) is 0 Å². The Kier molecular flexibility index (Phi) is 5.29. The van der Waals surface area contributed by atoms with E-state index in [0.29, 0.717) is 35.0 Å². The van der Waals surface area contributed by atoms with Crippen LogP contribution in [0.2, 0.25) is 10.0 Å². The Morgan fingerprint density at radius 2 is 1.92 bits per heavy atom. The van der Waals surface area contributed by atoms with E-state index in [1.54, 1.807) is 18.2 Å². The molecule has 1 fully saturated rings. The molecule has 2 heterocycles. The first kappa shape index (κ1) is 18.4. The van der Waals surface area contributed by atoms with E-state index in [0.717, 1.165) is 0 Å². The smallest absolute Gasteiger partial charge is 0.264 e. The molecule has 9 heteroatoms. The molecule has 0 aliphatic carbocycles. The molecule has 0 spiro atoms. The molecule has 0 radical (unpaired) electrons. The summed E-state index contributed by atoms with van der Waals surface area (Å²) in [5, 5.41) is 0.808. The summed E-state index contributed by atoms with van der Waals surface area (Å²) in [6, 6.07) is 4.78. The van der Waals surface area contributed by atoms with Crippen molar-refractivity contribution in [3.05, 3.63) is 50.4 Å². The van der Waals surface area contributed by atoms with Gasteiger partial charge in [-0.25, -0.2) is 4.98 Å². The van der Waals surface area contributed by atoms with Gasteiger partial charge in [0, 0.05) is 34.9 Å². The highest BCUT2D eigenvalue weighted by Crippen LogP contribution is 2.24. The lowest BCUT2D eigenvalue weighted by atomic mass is 9.97. The third-order valence-electron chi connectivity index (χ3n) is 4.28. The SMILES string of the molecule is NC(=O)[C@@H]1CCCN(C(=O)c2cnc(-c3cc(Cl)cc(Cl)c3)[nH]c2=O)C1. The molecule has 3 N–H and O–H groups in total. The fourth-order valence-corrected chi connectivity index (χ4v) is 3.47. The normalized spacial score (nSPS) is 17.2. The summed E-state index contributed by atoms with van der Waals surface area (Å²) in [6.07, 6.45) is 2.52. The number of halogens is 2. The van der Waals surface area contributed by atoms with Crippen LogP contribution in [-0.2, 0) is 4.79 Å². The Balaban J connectivity index is 1.86. The number of H-pyrrole nitrogens is 1. The van der Waals surface area contributed by atoms with Gasteiger partial charge in [-0.1, -0.05) is 23.2 Å². The van der Waals surface area contributed by atoms with E-state index >= 15 is 0 Å². The average Bonchev–Trinajstić information content (AvgIpc) is 2.60. The van der Waals surface area contributed by atoms with Crippen molar-refractivity contribution in [3.63, 3.8) is 0 Å². The number of primary amides is 1. The van der Waals surface area contributed by atoms with Crippen molar-refractivity contribution < 1.29 is 9.59 Å². The Morgan fingerprint density at radius 1 is 1.23 bits per heavy atom. The Hall–Kier alpha value is -2.38. The first-order chi connectivity index (χ1) is 12.3. The minimum atomic E-state index is -0.572. The van der Waals surface area contributed by atoms with Gasteiger partial charge in [-0.15, -0.1) is 0 Å². The van der Waals surface area contributed by atoms with E-state index in [1.807, 2.05) is 0 Å². The van der Waals surface area contributed by atoms with Gasteiger partial charge < -0.3 is 15.6 Å². The lowest BCUT2D eigenvalue weighted by molar-refractivity contribution is -0.123. The van der Waals surface area contributed by atoms with Crippen LogP contribution in [-0.4, -0.2) is 39.8 Å². The van der Waals surface area contributed by atoms with Crippen LogP contribution >= 0.6 is 23.2 Å². The van der Waals surface area contributed by atoms with E-state index in [4.69, 9.17) is 28.9 Å². The minimum Gasteiger partial charge on any atom is -0.369 e. The van der Waals surface area contributed by atoms with Crippen LogP contribution in [0.5, 0.6) is 0 Å². The van der Waals surface area contributed by atoms with Gasteiger partial charge in [0.25, 0.3) is 11.5 Å². The summed E-state index contributed by atoms with van der Waals surface area (Å²) in [5.41, 5.74) is 5.20. The molecule has 0 saturated carbocycles. The average molecular weight is 395 g/mol. The number of hydrogen-bond acceptors (Lipinski definition) is 4. The molecule has 2 amide bonds. The van der Waals surface area contributed by atoms with E-state index in [-0.39, 0.29) is 17.9 Å². The number of nitrogens with one attached hydrogen (secondary N) is 1. The first-order valence-corrected chi connectivity index (χ1v) is 8.75. The van der Waals surface area contributed by atoms with Crippen molar-refractivity contribution in [1.29, 1.82) is 0 Å². The fourth-order valence-electron chi connectivity index (χ4n) is 2.95. The number of hydrogen-bond donors (Lipinski definition) is 2. The van der Waals surface area contributed by atoms with Crippen LogP contribution < -0.4 is 11.3 Å². The molecule has 1 aliphatic rings. The maximum absolute atomic E-state index is 12.6. The molecular formula is C17H16Cl2N4O3. The lowest BCUT2D eigenvalue weighted by Crippen LogP contribution is -2.45. The Bertz CT molecular complexity index is 908. The van der Waals surface area contributed by atoms with Crippen molar-refractivity contribution in [2.75, 3.05) is 13.1 Å². The maximum Gasteiger partial charge on any atom is 0.264 e. The summed E-state index contributed by atoms with van der Waals surface area (Å²) in [7, 11) is 0. The summed E-state index contributed by atoms with van der Waals surface area (Å²) in [6.45, 7) is 0.674. The quantitative estimate of drug-likeness (QED) is 0.829. The van der Waals surface area contributed by atoms with Gasteiger partial charge in [0.05, 0.1) is 5.92 Å². The van der Waals surface area contributed by atoms with Gasteiger partial charge in [0.1, 0.15) is 11.4 Å². The molecule has 1 atom stereocenters. The number of aromatic amines is 1. The second kappa shape index (κ2) is 7.47. The van der Waals surface area contributed by atoms with Gasteiger partial charge >= 0.3 is 0 Å². The molecule has 136 valence electrons. The molecule has 7 nitrogen and oxygen atoms in total. The molecule has 3 rings (SSSR count). The van der Waals surface area contributed by atoms with E-state index < -0.39 is 23.3 Å². The summed E-state index contributed by atoms with van der Waals surface area (Å²) >= 11 is 11.9. The third-order valence-corrected chi connectivity index (χ3v) is 4.71. The Morgan fingerprint density at radius 3 is 2.54 bits per heavy atom. The van der Waals surface area contributed by atoms with Crippen molar-refractivity contribution in [2.45, 2.75) is 12.8 Å². The van der Waals surface area contributed by atoms with Gasteiger partial charge in [-0.2, -0.15) is 0 Å². The van der Waals surface area contributed by atoms with E-state index in [9.17, 15) is 14.4 Å². The van der Waals surface area contributed by atoms with E-state index in [1.165, 1.54) is 11.1 Å². The number of rotatable bonds is 3. The van der Waals surface area contributed by atoms with E-state index in [2.05, 4.69) is 9.97 Å². The fraction of sp³-hybridized carbons (Fsp3) is 0.294. The van der Waals surface area contributed by atoms with Crippen LogP contribution in [0.15, 0.2) is 29.2 Å². The largest absolute Gasteiger partial charge is 0.369 e. The summed E-state index contributed by atoms with van der Waals surface area (Å²) in [4.78, 5) is 44.6. The van der Waals surface area contributed by atoms with Crippen molar-refractivity contribution in [2.24, 2.45) is 11.7 Å². The number of carbonyl (C=O) groups excluding carboxylic acids is 2. The minimum absolute atomic E-state index is 0.0907. The highest BCUT2D eigenvalue weighted by molar-refractivity contribution is 6.35. The number of carbonyl (C=O) groups is 2. The van der Waals surface area contributed by atoms with Crippen molar-refractivity contribution in [1.82, 2.24) is 14.9 Å². The second-order valence-electron chi connectivity index (χ2n) is 6.13. The highest BCUT2D eigenvalue weighted by Gasteiger charge is 2.28. The molecule has 1 aromatic heterocycles. The zero-order valence-electron chi connectivity index (χ0n) is 13.7. The van der Waals surface area contributed by atoms with Crippen LogP contribution in [0, 0.1) is 5.92 Å². The highest BCUT2D eigenvalue weighted by atomic mass is 35.5. The molecule has 0 unspecified atom stereocenters. The molecule has 26 heavy (non-hydrogen) atoms. The van der Waals surface area contributed by atoms with Gasteiger partial charge in [0.2, 0.25) is 5.91 Å². The number of amides is 2. The number of benzene rings is 1. The number of aromatic nitrogens is 2. The number of nitrogens with zero attached hydrogens (tertiary/aromatic N) is 2. The molecule has 1 aliphatic heterocycles. The van der Waals surface area contributed by atoms with Gasteiger partial charge in [0.15, 0.2) is 0 Å². The van der Waals surface area contributed by atoms with Crippen molar-refractivity contribution in [3.8, 4) is 11.4 Å². The molecule has 1 saturated heterocycles. The predicted molar refractivity (Wildman–Crippen MR) is 98.1 cm³/mol. The maximum atomic E-state index is 12.6. The second-order valence-corrected chi connectivity index (χ2v) is 7.00. The van der Waals surface area contributed by atoms with Crippen LogP contribution in [0.3, 0.4) is 0 Å². The van der Waals surface area contributed by atoms with Crippen LogP contribution in [0.25, 0.3) is 11.4 Å². The zero-order chi connectivity index (χ0) is 18.8. The number of piperidine rings is 1. The standard InChI is InChI=1S/C17H16Cl2N4O3/c18-11-4-10(5-12(19)6-11)15-21-7-13(16(25)22-15)17(26)23-3-1-2-9(8-23)14(20)24/h4-7,9H,1-3,8H2,(H2,20,24)(H,21,22,25)/t9-/m1/s1. The Labute approximate surface area is 159 Å². The third kappa shape index (κ3) is 3.89. The molecular weight excluding hydrogens is 379 g/mol. The van der Waals surface area contributed by atoms with Crippen LogP contribution in [0.1, 0.15) is 23.2 Å². The lowest BCUT2D eigenvalue weighted by Gasteiger charge is -2.30. The predicted octanol–water partition coefficient (Wildman–Crippen LogP) is 2.08. The van der Waals surface area contributed by atoms with Gasteiger partial charge in [-0.05, 0) is 31.0 Å². The zero-order valence-corrected chi connectivity index (χ0v) is 15.2. The number of nitrogens with two attached hydrogens (primary N) is 1. The molecule has 2 aromatic rings. The van der Waals surface area contributed by atoms with Gasteiger partial charge in [-0.3, -0.25) is 14.4 Å². The number of likely N-dealkylation sites (tertiary alicyclic amines) is 1. The molecule has 1 aromatic carbocycles. The summed E-state index contributed by atoms with van der Waals surface area (Å²) in [5.74, 6) is -1.06. The first-order valence-electron chi connectivity index (χ1n) is 7.99. The van der Waals surface area contributed by atoms with Crippen molar-refractivity contribution >= 4 is 35.0 Å². The monoisotopic (exact) mass is 394 g/mol. The summed E-state index contributed by atoms with van der Waals surface area (Å²) < 4.78 is 0.